The molecular formula is C14H17N3O5S. The number of primary sulfonamides is 1. The maximum absolute atomic E-state index is 12.3. The number of hydrogen-bond donors (Lipinski definition) is 1. The average molecular weight is 339 g/mol. The molecule has 9 heteroatoms. The summed E-state index contributed by atoms with van der Waals surface area (Å²) in [6, 6.07) is 2.78. The lowest BCUT2D eigenvalue weighted by atomic mass is 10.1. The van der Waals surface area contributed by atoms with Crippen LogP contribution in [0.5, 0.6) is 0 Å². The number of nitrogens with two attached hydrogens (primary N) is 1. The fourth-order valence-electron chi connectivity index (χ4n) is 2.11. The summed E-state index contributed by atoms with van der Waals surface area (Å²) in [6.07, 6.45) is -0.762. The van der Waals surface area contributed by atoms with Crippen LogP contribution in [0, 0.1) is 20.8 Å². The molecule has 0 aliphatic carbocycles. The molecule has 0 saturated carbocycles. The summed E-state index contributed by atoms with van der Waals surface area (Å²) >= 11 is 0. The van der Waals surface area contributed by atoms with E-state index in [-0.39, 0.29) is 16.3 Å². The Bertz CT molecular complexity index is 857. The minimum atomic E-state index is -3.93. The minimum absolute atomic E-state index is 0.114. The number of carbonyl (C=O) groups is 1. The van der Waals surface area contributed by atoms with E-state index in [4.69, 9.17) is 14.3 Å². The lowest BCUT2D eigenvalue weighted by molar-refractivity contribution is 0.0275. The van der Waals surface area contributed by atoms with Crippen molar-refractivity contribution >= 4 is 16.0 Å². The number of aromatic nitrogens is 2. The van der Waals surface area contributed by atoms with Gasteiger partial charge in [-0.15, -0.1) is 10.2 Å². The zero-order valence-corrected chi connectivity index (χ0v) is 14.0. The Morgan fingerprint density at radius 2 is 1.87 bits per heavy atom. The van der Waals surface area contributed by atoms with Gasteiger partial charge in [-0.3, -0.25) is 0 Å². The predicted molar refractivity (Wildman–Crippen MR) is 80.2 cm³/mol. The molecule has 0 amide bonds. The molecule has 2 N–H and O–H groups in total. The standard InChI is InChI=1S/C14H17N3O5S/c1-7-5-8(2)12(23(15,19)20)6-11(7)14(18)21-9(3)13-17-16-10(4)22-13/h5-6,9H,1-4H3,(H2,15,19,20). The van der Waals surface area contributed by atoms with Crippen LogP contribution in [0.2, 0.25) is 0 Å². The molecule has 0 aliphatic heterocycles. The van der Waals surface area contributed by atoms with E-state index in [2.05, 4.69) is 10.2 Å². The normalized spacial score (nSPS) is 12.9. The smallest absolute Gasteiger partial charge is 0.339 e. The quantitative estimate of drug-likeness (QED) is 0.838. The molecule has 1 aromatic heterocycles. The predicted octanol–water partition coefficient (Wildman–Crippen LogP) is 1.56. The van der Waals surface area contributed by atoms with Gasteiger partial charge in [-0.05, 0) is 38.0 Å². The SMILES string of the molecule is Cc1nnc(C(C)OC(=O)c2cc(S(N)(=O)=O)c(C)cc2C)o1. The summed E-state index contributed by atoms with van der Waals surface area (Å²) in [4.78, 5) is 12.2. The Labute approximate surface area is 133 Å². The zero-order chi connectivity index (χ0) is 17.4. The van der Waals surface area contributed by atoms with Gasteiger partial charge >= 0.3 is 5.97 Å². The van der Waals surface area contributed by atoms with Crippen molar-refractivity contribution in [1.82, 2.24) is 10.2 Å². The third-order valence-corrected chi connectivity index (χ3v) is 4.27. The molecule has 0 fully saturated rings. The molecule has 0 saturated heterocycles. The van der Waals surface area contributed by atoms with Gasteiger partial charge in [0.1, 0.15) is 0 Å². The Hall–Kier alpha value is -2.26. The van der Waals surface area contributed by atoms with E-state index < -0.39 is 22.1 Å². The van der Waals surface area contributed by atoms with Gasteiger partial charge in [0.25, 0.3) is 5.89 Å². The molecule has 2 rings (SSSR count). The van der Waals surface area contributed by atoms with E-state index in [0.717, 1.165) is 0 Å². The van der Waals surface area contributed by atoms with Crippen LogP contribution in [-0.4, -0.2) is 24.6 Å². The number of hydrogen-bond acceptors (Lipinski definition) is 7. The van der Waals surface area contributed by atoms with Crippen molar-refractivity contribution in [2.45, 2.75) is 38.7 Å². The molecule has 0 spiro atoms. The first kappa shape index (κ1) is 17.1. The second-order valence-electron chi connectivity index (χ2n) is 5.18. The largest absolute Gasteiger partial charge is 0.449 e. The molecule has 0 bridgehead atoms. The minimum Gasteiger partial charge on any atom is -0.449 e. The fourth-order valence-corrected chi connectivity index (χ4v) is 2.90. The molecular weight excluding hydrogens is 322 g/mol. The second-order valence-corrected chi connectivity index (χ2v) is 6.71. The fraction of sp³-hybridized carbons (Fsp3) is 0.357. The van der Waals surface area contributed by atoms with Gasteiger partial charge in [-0.2, -0.15) is 0 Å². The van der Waals surface area contributed by atoms with E-state index in [9.17, 15) is 13.2 Å². The lowest BCUT2D eigenvalue weighted by Crippen LogP contribution is -2.17. The van der Waals surface area contributed by atoms with Crippen LogP contribution in [0.25, 0.3) is 0 Å². The molecule has 2 aromatic rings. The van der Waals surface area contributed by atoms with Crippen molar-refractivity contribution in [3.05, 3.63) is 40.6 Å². The molecule has 1 atom stereocenters. The molecule has 0 aliphatic rings. The Kier molecular flexibility index (Phi) is 4.53. The van der Waals surface area contributed by atoms with Crippen molar-refractivity contribution in [2.75, 3.05) is 0 Å². The summed E-state index contributed by atoms with van der Waals surface area (Å²) in [5, 5.41) is 12.6. The van der Waals surface area contributed by atoms with Gasteiger partial charge in [0.15, 0.2) is 6.10 Å². The number of carbonyl (C=O) groups excluding carboxylic acids is 1. The molecule has 1 aromatic carbocycles. The van der Waals surface area contributed by atoms with Crippen LogP contribution < -0.4 is 5.14 Å². The first-order chi connectivity index (χ1) is 10.6. The number of benzene rings is 1. The van der Waals surface area contributed by atoms with E-state index in [1.54, 1.807) is 33.8 Å². The third kappa shape index (κ3) is 3.74. The van der Waals surface area contributed by atoms with E-state index in [1.807, 2.05) is 0 Å². The second kappa shape index (κ2) is 6.09. The first-order valence-electron chi connectivity index (χ1n) is 6.74. The number of esters is 1. The van der Waals surface area contributed by atoms with E-state index in [1.165, 1.54) is 6.07 Å². The molecule has 1 heterocycles. The highest BCUT2D eigenvalue weighted by Gasteiger charge is 2.22. The summed E-state index contributed by atoms with van der Waals surface area (Å²) in [7, 11) is -3.93. The van der Waals surface area contributed by atoms with Crippen molar-refractivity contribution in [1.29, 1.82) is 0 Å². The molecule has 23 heavy (non-hydrogen) atoms. The van der Waals surface area contributed by atoms with Gasteiger partial charge < -0.3 is 9.15 Å². The summed E-state index contributed by atoms with van der Waals surface area (Å²) in [5.74, 6) is -0.186. The number of rotatable bonds is 4. The van der Waals surface area contributed by atoms with Crippen molar-refractivity contribution in [2.24, 2.45) is 5.14 Å². The number of nitrogens with zero attached hydrogens (tertiary/aromatic N) is 2. The van der Waals surface area contributed by atoms with Crippen LogP contribution in [0.15, 0.2) is 21.4 Å². The maximum Gasteiger partial charge on any atom is 0.339 e. The topological polar surface area (TPSA) is 125 Å². The third-order valence-electron chi connectivity index (χ3n) is 3.22. The van der Waals surface area contributed by atoms with Gasteiger partial charge in [0.05, 0.1) is 10.5 Å². The average Bonchev–Trinajstić information content (AvgIpc) is 2.83. The summed E-state index contributed by atoms with van der Waals surface area (Å²) < 4.78 is 33.6. The van der Waals surface area contributed by atoms with Crippen LogP contribution in [0.4, 0.5) is 0 Å². The van der Waals surface area contributed by atoms with Gasteiger partial charge in [-0.25, -0.2) is 18.4 Å². The zero-order valence-electron chi connectivity index (χ0n) is 13.2. The lowest BCUT2D eigenvalue weighted by Gasteiger charge is -2.13. The highest BCUT2D eigenvalue weighted by molar-refractivity contribution is 7.89. The Balaban J connectivity index is 2.32. The number of aryl methyl sites for hydroxylation is 3. The monoisotopic (exact) mass is 339 g/mol. The van der Waals surface area contributed by atoms with Gasteiger partial charge in [-0.1, -0.05) is 6.07 Å². The summed E-state index contributed by atoms with van der Waals surface area (Å²) in [6.45, 7) is 6.48. The molecule has 1 unspecified atom stereocenters. The Morgan fingerprint density at radius 1 is 1.22 bits per heavy atom. The maximum atomic E-state index is 12.3. The van der Waals surface area contributed by atoms with Crippen LogP contribution >= 0.6 is 0 Å². The highest BCUT2D eigenvalue weighted by atomic mass is 32.2. The van der Waals surface area contributed by atoms with E-state index >= 15 is 0 Å². The van der Waals surface area contributed by atoms with Crippen molar-refractivity contribution in [3.8, 4) is 0 Å². The van der Waals surface area contributed by atoms with Crippen molar-refractivity contribution in [3.63, 3.8) is 0 Å². The van der Waals surface area contributed by atoms with Gasteiger partial charge in [0, 0.05) is 6.92 Å². The number of ether oxygens (including phenoxy) is 1. The van der Waals surface area contributed by atoms with E-state index in [0.29, 0.717) is 17.0 Å². The highest BCUT2D eigenvalue weighted by Crippen LogP contribution is 2.23. The van der Waals surface area contributed by atoms with Crippen LogP contribution in [-0.2, 0) is 14.8 Å². The van der Waals surface area contributed by atoms with Gasteiger partial charge in [0.2, 0.25) is 15.9 Å². The van der Waals surface area contributed by atoms with Crippen LogP contribution in [0.3, 0.4) is 0 Å². The van der Waals surface area contributed by atoms with Crippen molar-refractivity contribution < 1.29 is 22.4 Å². The summed E-state index contributed by atoms with van der Waals surface area (Å²) in [5.41, 5.74) is 1.15. The molecule has 0 radical (unpaired) electrons. The Morgan fingerprint density at radius 3 is 2.39 bits per heavy atom. The molecule has 8 nitrogen and oxygen atoms in total. The number of sulfonamides is 1. The first-order valence-corrected chi connectivity index (χ1v) is 8.29. The molecule has 124 valence electrons. The van der Waals surface area contributed by atoms with Crippen LogP contribution in [0.1, 0.15) is 46.3 Å².